The Balaban J connectivity index is 1.38. The van der Waals surface area contributed by atoms with Gasteiger partial charge in [0.05, 0.1) is 11.9 Å². The highest BCUT2D eigenvalue weighted by molar-refractivity contribution is 6.02. The van der Waals surface area contributed by atoms with E-state index < -0.39 is 5.91 Å². The molecule has 1 aliphatic carbocycles. The molecule has 0 saturated heterocycles. The summed E-state index contributed by atoms with van der Waals surface area (Å²) in [6.07, 6.45) is 3.41. The lowest BCUT2D eigenvalue weighted by Crippen LogP contribution is -2.18. The monoisotopic (exact) mass is 398 g/mol. The van der Waals surface area contributed by atoms with E-state index in [4.69, 9.17) is 0 Å². The number of aromatic hydroxyl groups is 2. The third kappa shape index (κ3) is 3.06. The van der Waals surface area contributed by atoms with Crippen LogP contribution in [0.25, 0.3) is 22.0 Å². The van der Waals surface area contributed by atoms with Crippen molar-refractivity contribution in [1.82, 2.24) is 15.6 Å². The van der Waals surface area contributed by atoms with Gasteiger partial charge in [0.15, 0.2) is 0 Å². The molecule has 0 radical (unpaired) electrons. The van der Waals surface area contributed by atoms with Crippen molar-refractivity contribution in [2.24, 2.45) is 5.10 Å². The fourth-order valence-electron chi connectivity index (χ4n) is 3.91. The average molecular weight is 398 g/mol. The van der Waals surface area contributed by atoms with Crippen molar-refractivity contribution in [2.45, 2.75) is 12.8 Å². The van der Waals surface area contributed by atoms with Gasteiger partial charge in [0, 0.05) is 17.2 Å². The number of aromatic nitrogens is 2. The minimum atomic E-state index is -0.450. The number of hydrogen-bond donors (Lipinski definition) is 4. The van der Waals surface area contributed by atoms with Crippen LogP contribution in [0.15, 0.2) is 59.7 Å². The van der Waals surface area contributed by atoms with Crippen LogP contribution in [-0.4, -0.2) is 32.5 Å². The number of hydrazone groups is 1. The molecule has 0 fully saturated rings. The summed E-state index contributed by atoms with van der Waals surface area (Å²) in [5.41, 5.74) is 7.42. The number of aryl methyl sites for hydroxylation is 2. The molecule has 5 rings (SSSR count). The minimum Gasteiger partial charge on any atom is -0.508 e. The van der Waals surface area contributed by atoms with Crippen LogP contribution >= 0.6 is 0 Å². The Labute approximate surface area is 171 Å². The number of phenolic OH excluding ortho intramolecular Hbond substituents is 2. The van der Waals surface area contributed by atoms with Gasteiger partial charge >= 0.3 is 0 Å². The molecule has 3 aromatic carbocycles. The topological polar surface area (TPSA) is 111 Å². The first-order chi connectivity index (χ1) is 14.6. The van der Waals surface area contributed by atoms with Crippen LogP contribution in [0, 0.1) is 0 Å². The molecular formula is C23H18N4O3. The average Bonchev–Trinajstić information content (AvgIpc) is 3.39. The van der Waals surface area contributed by atoms with E-state index in [0.717, 1.165) is 23.8 Å². The summed E-state index contributed by atoms with van der Waals surface area (Å²) in [5.74, 6) is -0.639. The molecule has 4 N–H and O–H groups in total. The first-order valence-corrected chi connectivity index (χ1v) is 9.55. The number of amides is 1. The Kier molecular flexibility index (Phi) is 4.21. The standard InChI is InChI=1S/C23H18N4O3/c28-16-8-6-15(21(29)10-16)12-24-27-23(30)20-11-19(25-26-20)17-9-7-14-5-4-13-2-1-3-18(17)22(13)14/h1-3,6-12,28-29H,4-5H2,(H,25,26)(H,27,30)/b24-12+. The van der Waals surface area contributed by atoms with Crippen molar-refractivity contribution in [1.29, 1.82) is 0 Å². The van der Waals surface area contributed by atoms with E-state index in [2.05, 4.69) is 51.1 Å². The third-order valence-corrected chi connectivity index (χ3v) is 5.36. The van der Waals surface area contributed by atoms with E-state index in [0.29, 0.717) is 11.3 Å². The summed E-state index contributed by atoms with van der Waals surface area (Å²) in [6.45, 7) is 0. The quantitative estimate of drug-likeness (QED) is 0.311. The number of H-pyrrole nitrogens is 1. The summed E-state index contributed by atoms with van der Waals surface area (Å²) in [7, 11) is 0. The van der Waals surface area contributed by atoms with Crippen LogP contribution in [0.1, 0.15) is 27.2 Å². The largest absolute Gasteiger partial charge is 0.508 e. The Morgan fingerprint density at radius 2 is 1.90 bits per heavy atom. The first kappa shape index (κ1) is 17.9. The third-order valence-electron chi connectivity index (χ3n) is 5.36. The maximum Gasteiger partial charge on any atom is 0.289 e. The van der Waals surface area contributed by atoms with E-state index in [1.54, 1.807) is 6.07 Å². The lowest BCUT2D eigenvalue weighted by molar-refractivity contribution is 0.0950. The molecular weight excluding hydrogens is 380 g/mol. The lowest BCUT2D eigenvalue weighted by atomic mass is 9.98. The van der Waals surface area contributed by atoms with Gasteiger partial charge in [-0.15, -0.1) is 0 Å². The van der Waals surface area contributed by atoms with Gasteiger partial charge in [0.25, 0.3) is 5.91 Å². The molecule has 1 aliphatic rings. The Morgan fingerprint density at radius 3 is 2.73 bits per heavy atom. The fourth-order valence-corrected chi connectivity index (χ4v) is 3.91. The smallest absolute Gasteiger partial charge is 0.289 e. The SMILES string of the molecule is O=C(N/N=C/c1ccc(O)cc1O)c1cc(-c2ccc3c4c(cccc24)CC3)n[nH]1. The second-order valence-corrected chi connectivity index (χ2v) is 7.22. The zero-order chi connectivity index (χ0) is 20.7. The predicted molar refractivity (Wildman–Crippen MR) is 114 cm³/mol. The number of carbonyl (C=O) groups excluding carboxylic acids is 1. The van der Waals surface area contributed by atoms with Crippen molar-refractivity contribution < 1.29 is 15.0 Å². The van der Waals surface area contributed by atoms with E-state index in [1.807, 2.05) is 0 Å². The van der Waals surface area contributed by atoms with Crippen molar-refractivity contribution >= 4 is 22.9 Å². The van der Waals surface area contributed by atoms with Crippen LogP contribution < -0.4 is 5.43 Å². The molecule has 148 valence electrons. The Hall–Kier alpha value is -4.13. The molecule has 7 heteroatoms. The summed E-state index contributed by atoms with van der Waals surface area (Å²) >= 11 is 0. The van der Waals surface area contributed by atoms with Crippen molar-refractivity contribution in [2.75, 3.05) is 0 Å². The van der Waals surface area contributed by atoms with Gasteiger partial charge < -0.3 is 10.2 Å². The van der Waals surface area contributed by atoms with Crippen molar-refractivity contribution in [3.8, 4) is 22.8 Å². The number of rotatable bonds is 4. The molecule has 7 nitrogen and oxygen atoms in total. The van der Waals surface area contributed by atoms with Crippen LogP contribution in [0.3, 0.4) is 0 Å². The summed E-state index contributed by atoms with van der Waals surface area (Å²) in [4.78, 5) is 12.4. The number of carbonyl (C=O) groups is 1. The van der Waals surface area contributed by atoms with Gasteiger partial charge in [-0.25, -0.2) is 5.43 Å². The van der Waals surface area contributed by atoms with Crippen LogP contribution in [-0.2, 0) is 12.8 Å². The molecule has 0 bridgehead atoms. The summed E-state index contributed by atoms with van der Waals surface area (Å²) < 4.78 is 0. The zero-order valence-corrected chi connectivity index (χ0v) is 15.9. The van der Waals surface area contributed by atoms with Gasteiger partial charge in [-0.3, -0.25) is 9.89 Å². The maximum atomic E-state index is 12.4. The summed E-state index contributed by atoms with van der Waals surface area (Å²) in [6, 6.07) is 16.3. The molecule has 1 amide bonds. The first-order valence-electron chi connectivity index (χ1n) is 9.55. The normalized spacial score (nSPS) is 12.7. The molecule has 30 heavy (non-hydrogen) atoms. The number of aromatic amines is 1. The van der Waals surface area contributed by atoms with E-state index in [1.165, 1.54) is 40.9 Å². The predicted octanol–water partition coefficient (Wildman–Crippen LogP) is 3.50. The minimum absolute atomic E-state index is 0.0540. The fraction of sp³-hybridized carbons (Fsp3) is 0.0870. The highest BCUT2D eigenvalue weighted by atomic mass is 16.3. The zero-order valence-electron chi connectivity index (χ0n) is 15.9. The molecule has 0 atom stereocenters. The lowest BCUT2D eigenvalue weighted by Gasteiger charge is -2.06. The molecule has 0 saturated carbocycles. The molecule has 1 heterocycles. The Morgan fingerprint density at radius 1 is 1.07 bits per heavy atom. The van der Waals surface area contributed by atoms with E-state index >= 15 is 0 Å². The molecule has 4 aromatic rings. The van der Waals surface area contributed by atoms with Gasteiger partial charge in [0.2, 0.25) is 0 Å². The van der Waals surface area contributed by atoms with Crippen LogP contribution in [0.5, 0.6) is 11.5 Å². The molecule has 1 aromatic heterocycles. The van der Waals surface area contributed by atoms with E-state index in [-0.39, 0.29) is 17.2 Å². The van der Waals surface area contributed by atoms with Crippen LogP contribution in [0.4, 0.5) is 0 Å². The maximum absolute atomic E-state index is 12.4. The second kappa shape index (κ2) is 7.04. The molecule has 0 unspecified atom stereocenters. The second-order valence-electron chi connectivity index (χ2n) is 7.22. The number of hydrogen-bond acceptors (Lipinski definition) is 5. The van der Waals surface area contributed by atoms with Crippen molar-refractivity contribution in [3.63, 3.8) is 0 Å². The van der Waals surface area contributed by atoms with Gasteiger partial charge in [-0.2, -0.15) is 10.2 Å². The van der Waals surface area contributed by atoms with E-state index in [9.17, 15) is 15.0 Å². The van der Waals surface area contributed by atoms with Crippen LogP contribution in [0.2, 0.25) is 0 Å². The molecule has 0 aliphatic heterocycles. The highest BCUT2D eigenvalue weighted by Gasteiger charge is 2.18. The number of benzene rings is 3. The number of phenols is 2. The van der Waals surface area contributed by atoms with Gasteiger partial charge in [0.1, 0.15) is 17.2 Å². The Bertz CT molecular complexity index is 1310. The van der Waals surface area contributed by atoms with Gasteiger partial charge in [-0.05, 0) is 52.9 Å². The number of nitrogens with one attached hydrogen (secondary N) is 2. The van der Waals surface area contributed by atoms with Crippen molar-refractivity contribution in [3.05, 3.63) is 77.0 Å². The van der Waals surface area contributed by atoms with Gasteiger partial charge in [-0.1, -0.05) is 30.3 Å². The molecule has 0 spiro atoms. The summed E-state index contributed by atoms with van der Waals surface area (Å²) in [5, 5.41) is 32.4. The number of nitrogens with zero attached hydrogens (tertiary/aromatic N) is 2. The highest BCUT2D eigenvalue weighted by Crippen LogP contribution is 2.36.